The summed E-state index contributed by atoms with van der Waals surface area (Å²) in [6, 6.07) is 11.3. The summed E-state index contributed by atoms with van der Waals surface area (Å²) < 4.78 is 10.4. The zero-order valence-electron chi connectivity index (χ0n) is 18.5. The molecule has 2 aliphatic rings. The van der Waals surface area contributed by atoms with Gasteiger partial charge in [0.05, 0.1) is 24.7 Å². The first-order valence-corrected chi connectivity index (χ1v) is 10.9. The third-order valence-electron chi connectivity index (χ3n) is 6.44. The fraction of sp³-hybridized carbons (Fsp3) is 0.400. The molecule has 2 aliphatic heterocycles. The lowest BCUT2D eigenvalue weighted by molar-refractivity contribution is -0.132. The molecule has 0 aliphatic carbocycles. The van der Waals surface area contributed by atoms with Crippen LogP contribution in [-0.4, -0.2) is 61.5 Å². The molecule has 0 aromatic heterocycles. The third kappa shape index (κ3) is 4.46. The van der Waals surface area contributed by atoms with Crippen LogP contribution in [-0.2, 0) is 29.0 Å². The highest BCUT2D eigenvalue weighted by molar-refractivity contribution is 5.93. The molecule has 2 aromatic rings. The lowest BCUT2D eigenvalue weighted by Gasteiger charge is -2.35. The number of esters is 1. The summed E-state index contributed by atoms with van der Waals surface area (Å²) in [4.78, 5) is 28.7. The van der Waals surface area contributed by atoms with E-state index in [1.165, 1.54) is 12.7 Å². The first kappa shape index (κ1) is 21.8. The molecular formula is C25H27N3O4. The van der Waals surface area contributed by atoms with Gasteiger partial charge in [-0.25, -0.2) is 4.79 Å². The van der Waals surface area contributed by atoms with Gasteiger partial charge in [0.15, 0.2) is 0 Å². The summed E-state index contributed by atoms with van der Waals surface area (Å²) in [5.74, 6) is 0.367. The van der Waals surface area contributed by atoms with E-state index in [-0.39, 0.29) is 11.9 Å². The zero-order valence-corrected chi connectivity index (χ0v) is 18.5. The maximum absolute atomic E-state index is 12.7. The fourth-order valence-electron chi connectivity index (χ4n) is 4.39. The first-order chi connectivity index (χ1) is 15.5. The zero-order chi connectivity index (χ0) is 22.7. The molecule has 0 radical (unpaired) electrons. The van der Waals surface area contributed by atoms with Crippen molar-refractivity contribution in [1.29, 1.82) is 5.26 Å². The van der Waals surface area contributed by atoms with Crippen molar-refractivity contribution in [3.63, 3.8) is 0 Å². The summed E-state index contributed by atoms with van der Waals surface area (Å²) in [5.41, 5.74) is 5.42. The third-order valence-corrected chi connectivity index (χ3v) is 6.44. The molecule has 0 unspecified atom stereocenters. The summed E-state index contributed by atoms with van der Waals surface area (Å²) in [6.07, 6.45) is 1.21. The highest BCUT2D eigenvalue weighted by Crippen LogP contribution is 2.26. The largest absolute Gasteiger partial charge is 0.495 e. The van der Waals surface area contributed by atoms with E-state index in [2.05, 4.69) is 17.9 Å². The maximum Gasteiger partial charge on any atom is 0.338 e. The van der Waals surface area contributed by atoms with Crippen LogP contribution in [0.2, 0.25) is 0 Å². The lowest BCUT2D eigenvalue weighted by atomic mass is 9.96. The standard InChI is InChI=1S/C25H27N3O4/c1-17-19(5-6-21-22(17)16-32-25(21)30)7-8-27-9-11-28(12-10-27)24(29)14-18-3-4-20(15-26)23(13-18)31-2/h3-6,13H,7-12,14,16H2,1-2H3. The Morgan fingerprint density at radius 1 is 1.19 bits per heavy atom. The van der Waals surface area contributed by atoms with Gasteiger partial charge in [-0.1, -0.05) is 12.1 Å². The number of benzene rings is 2. The van der Waals surface area contributed by atoms with Gasteiger partial charge >= 0.3 is 5.97 Å². The number of rotatable bonds is 6. The van der Waals surface area contributed by atoms with E-state index >= 15 is 0 Å². The molecule has 166 valence electrons. The summed E-state index contributed by atoms with van der Waals surface area (Å²) in [5, 5.41) is 9.11. The molecule has 0 bridgehead atoms. The minimum atomic E-state index is -0.227. The Morgan fingerprint density at radius 3 is 2.69 bits per heavy atom. The van der Waals surface area contributed by atoms with Gasteiger partial charge in [-0.05, 0) is 48.2 Å². The summed E-state index contributed by atoms with van der Waals surface area (Å²) in [6.45, 7) is 6.45. The van der Waals surface area contributed by atoms with E-state index in [0.717, 1.165) is 42.7 Å². The van der Waals surface area contributed by atoms with Gasteiger partial charge in [-0.3, -0.25) is 9.69 Å². The van der Waals surface area contributed by atoms with E-state index in [9.17, 15) is 9.59 Å². The van der Waals surface area contributed by atoms with Gasteiger partial charge in [0.2, 0.25) is 5.91 Å². The molecule has 0 N–H and O–H groups in total. The van der Waals surface area contributed by atoms with Crippen LogP contribution < -0.4 is 4.74 Å². The van der Waals surface area contributed by atoms with Crippen molar-refractivity contribution in [3.05, 3.63) is 63.7 Å². The van der Waals surface area contributed by atoms with E-state index in [0.29, 0.717) is 43.0 Å². The van der Waals surface area contributed by atoms with Crippen molar-refractivity contribution >= 4 is 11.9 Å². The molecular weight excluding hydrogens is 406 g/mol. The second kappa shape index (κ2) is 9.41. The number of hydrogen-bond donors (Lipinski definition) is 0. The van der Waals surface area contributed by atoms with Crippen molar-refractivity contribution in [2.75, 3.05) is 39.8 Å². The van der Waals surface area contributed by atoms with E-state index < -0.39 is 0 Å². The van der Waals surface area contributed by atoms with Gasteiger partial charge in [0, 0.05) is 38.3 Å². The number of cyclic esters (lactones) is 1. The summed E-state index contributed by atoms with van der Waals surface area (Å²) >= 11 is 0. The van der Waals surface area contributed by atoms with E-state index in [1.807, 2.05) is 23.1 Å². The SMILES string of the molecule is COc1cc(CC(=O)N2CCN(CCc3ccc4c(c3C)COC4=O)CC2)ccc1C#N. The predicted molar refractivity (Wildman–Crippen MR) is 118 cm³/mol. The number of carbonyl (C=O) groups excluding carboxylic acids is 2. The first-order valence-electron chi connectivity index (χ1n) is 10.9. The number of nitrogens with zero attached hydrogens (tertiary/aromatic N) is 3. The predicted octanol–water partition coefficient (Wildman–Crippen LogP) is 2.48. The highest BCUT2D eigenvalue weighted by Gasteiger charge is 2.25. The molecule has 0 saturated carbocycles. The van der Waals surface area contributed by atoms with Gasteiger partial charge < -0.3 is 14.4 Å². The van der Waals surface area contributed by atoms with Crippen LogP contribution in [0.4, 0.5) is 0 Å². The molecule has 1 saturated heterocycles. The van der Waals surface area contributed by atoms with Crippen molar-refractivity contribution in [2.45, 2.75) is 26.4 Å². The number of ether oxygens (including phenoxy) is 2. The van der Waals surface area contributed by atoms with Gasteiger partial charge in [0.25, 0.3) is 0 Å². The Bertz CT molecular complexity index is 1080. The summed E-state index contributed by atoms with van der Waals surface area (Å²) in [7, 11) is 1.53. The molecule has 0 atom stereocenters. The van der Waals surface area contributed by atoms with Gasteiger partial charge in [-0.2, -0.15) is 5.26 Å². The van der Waals surface area contributed by atoms with Crippen molar-refractivity contribution < 1.29 is 19.1 Å². The average molecular weight is 434 g/mol. The molecule has 2 heterocycles. The monoisotopic (exact) mass is 433 g/mol. The van der Waals surface area contributed by atoms with Gasteiger partial charge in [0.1, 0.15) is 18.4 Å². The Hall–Kier alpha value is -3.37. The number of nitriles is 1. The number of amides is 1. The second-order valence-electron chi connectivity index (χ2n) is 8.25. The number of carbonyl (C=O) groups is 2. The number of fused-ring (bicyclic) bond motifs is 1. The van der Waals surface area contributed by atoms with Crippen molar-refractivity contribution in [1.82, 2.24) is 9.80 Å². The Kier molecular flexibility index (Phi) is 6.42. The van der Waals surface area contributed by atoms with Crippen LogP contribution in [0.15, 0.2) is 30.3 Å². The molecule has 7 heteroatoms. The number of methoxy groups -OCH3 is 1. The molecule has 2 aromatic carbocycles. The van der Waals surface area contributed by atoms with Crippen molar-refractivity contribution in [2.24, 2.45) is 0 Å². The quantitative estimate of drug-likeness (QED) is 0.651. The lowest BCUT2D eigenvalue weighted by Crippen LogP contribution is -2.49. The maximum atomic E-state index is 12.7. The molecule has 1 fully saturated rings. The van der Waals surface area contributed by atoms with Crippen LogP contribution in [0.25, 0.3) is 0 Å². The molecule has 4 rings (SSSR count). The average Bonchev–Trinajstić information content (AvgIpc) is 3.20. The number of hydrogen-bond acceptors (Lipinski definition) is 6. The van der Waals surface area contributed by atoms with Gasteiger partial charge in [-0.15, -0.1) is 0 Å². The second-order valence-corrected chi connectivity index (χ2v) is 8.25. The van der Waals surface area contributed by atoms with Crippen LogP contribution >= 0.6 is 0 Å². The van der Waals surface area contributed by atoms with Crippen LogP contribution in [0.1, 0.15) is 38.2 Å². The fourth-order valence-corrected chi connectivity index (χ4v) is 4.39. The van der Waals surface area contributed by atoms with Crippen molar-refractivity contribution in [3.8, 4) is 11.8 Å². The van der Waals surface area contributed by atoms with E-state index in [1.54, 1.807) is 12.1 Å². The molecule has 1 amide bonds. The topological polar surface area (TPSA) is 82.9 Å². The highest BCUT2D eigenvalue weighted by atomic mass is 16.5. The Labute approximate surface area is 188 Å². The molecule has 0 spiro atoms. The van der Waals surface area contributed by atoms with Crippen LogP contribution in [0.5, 0.6) is 5.75 Å². The minimum Gasteiger partial charge on any atom is -0.495 e. The smallest absolute Gasteiger partial charge is 0.338 e. The Morgan fingerprint density at radius 2 is 1.97 bits per heavy atom. The minimum absolute atomic E-state index is 0.0931. The van der Waals surface area contributed by atoms with E-state index in [4.69, 9.17) is 14.7 Å². The normalized spacial score (nSPS) is 15.8. The van der Waals surface area contributed by atoms with Crippen LogP contribution in [0, 0.1) is 18.3 Å². The molecule has 7 nitrogen and oxygen atoms in total. The number of piperazine rings is 1. The molecule has 32 heavy (non-hydrogen) atoms. The Balaban J connectivity index is 1.28. The van der Waals surface area contributed by atoms with Crippen LogP contribution in [0.3, 0.4) is 0 Å².